The van der Waals surface area contributed by atoms with E-state index in [2.05, 4.69) is 15.5 Å². The van der Waals surface area contributed by atoms with Crippen LogP contribution in [0.2, 0.25) is 0 Å². The molecule has 1 aliphatic heterocycles. The summed E-state index contributed by atoms with van der Waals surface area (Å²) in [7, 11) is 0. The summed E-state index contributed by atoms with van der Waals surface area (Å²) >= 11 is 0. The van der Waals surface area contributed by atoms with E-state index in [1.807, 2.05) is 20.8 Å². The zero-order chi connectivity index (χ0) is 14.0. The van der Waals surface area contributed by atoms with Crippen molar-refractivity contribution in [1.29, 1.82) is 0 Å². The highest BCUT2D eigenvalue weighted by atomic mass is 16.5. The maximum Gasteiger partial charge on any atom is 0.274 e. The quantitative estimate of drug-likeness (QED) is 0.765. The van der Waals surface area contributed by atoms with Gasteiger partial charge in [0.05, 0.1) is 18.0 Å². The lowest BCUT2D eigenvalue weighted by Gasteiger charge is -2.18. The molecule has 0 aliphatic carbocycles. The lowest BCUT2D eigenvalue weighted by molar-refractivity contribution is 0.0918. The maximum absolute atomic E-state index is 12.2. The van der Waals surface area contributed by atoms with Crippen LogP contribution in [-0.4, -0.2) is 35.4 Å². The molecule has 1 aromatic rings. The molecule has 1 amide bonds. The van der Waals surface area contributed by atoms with Gasteiger partial charge in [0.25, 0.3) is 5.91 Å². The fraction of sp³-hybridized carbons (Fsp3) is 0.692. The number of aromatic amines is 1. The highest BCUT2D eigenvalue weighted by Crippen LogP contribution is 2.22. The van der Waals surface area contributed by atoms with Crippen molar-refractivity contribution in [2.75, 3.05) is 18.9 Å². The van der Waals surface area contributed by atoms with E-state index in [0.717, 1.165) is 18.7 Å². The number of anilines is 1. The number of nitrogen functional groups attached to an aromatic ring is 1. The normalized spacial score (nSPS) is 20.7. The Morgan fingerprint density at radius 3 is 2.79 bits per heavy atom. The second kappa shape index (κ2) is 5.61. The third-order valence-electron chi connectivity index (χ3n) is 3.66. The van der Waals surface area contributed by atoms with Gasteiger partial charge in [-0.25, -0.2) is 0 Å². The third-order valence-corrected chi connectivity index (χ3v) is 3.66. The number of carbonyl (C=O) groups excluding carboxylic acids is 1. The zero-order valence-corrected chi connectivity index (χ0v) is 11.7. The molecule has 0 saturated carbocycles. The lowest BCUT2D eigenvalue weighted by Crippen LogP contribution is -2.38. The van der Waals surface area contributed by atoms with Crippen LogP contribution in [0.5, 0.6) is 0 Å². The zero-order valence-electron chi connectivity index (χ0n) is 11.7. The standard InChI is InChI=1S/C13H22N4O2/c1-7(2)11-10(14)12(17-16-11)13(18)15-8(3)9-4-5-19-6-9/h7-9H,4-6,14H2,1-3H3,(H,15,18)(H,16,17). The molecule has 0 aromatic carbocycles. The van der Waals surface area contributed by atoms with Crippen LogP contribution in [0.4, 0.5) is 5.69 Å². The molecule has 0 bridgehead atoms. The smallest absolute Gasteiger partial charge is 0.274 e. The molecule has 2 atom stereocenters. The number of rotatable bonds is 4. The van der Waals surface area contributed by atoms with Crippen molar-refractivity contribution in [1.82, 2.24) is 15.5 Å². The molecule has 6 heteroatoms. The van der Waals surface area contributed by atoms with Crippen molar-refractivity contribution < 1.29 is 9.53 Å². The van der Waals surface area contributed by atoms with Gasteiger partial charge in [-0.05, 0) is 19.3 Å². The molecule has 1 aliphatic rings. The molecule has 4 N–H and O–H groups in total. The molecule has 1 saturated heterocycles. The molecular formula is C13H22N4O2. The summed E-state index contributed by atoms with van der Waals surface area (Å²) in [5.74, 6) is 0.364. The van der Waals surface area contributed by atoms with Crippen LogP contribution in [0.25, 0.3) is 0 Å². The number of hydrogen-bond acceptors (Lipinski definition) is 4. The second-order valence-corrected chi connectivity index (χ2v) is 5.44. The van der Waals surface area contributed by atoms with Crippen molar-refractivity contribution in [2.45, 2.75) is 39.2 Å². The van der Waals surface area contributed by atoms with Gasteiger partial charge in [-0.2, -0.15) is 5.10 Å². The molecule has 2 rings (SSSR count). The number of nitrogens with zero attached hydrogens (tertiary/aromatic N) is 1. The number of aromatic nitrogens is 2. The Labute approximate surface area is 113 Å². The first kappa shape index (κ1) is 13.9. The Morgan fingerprint density at radius 2 is 2.26 bits per heavy atom. The first-order chi connectivity index (χ1) is 9.00. The average molecular weight is 266 g/mol. The predicted octanol–water partition coefficient (Wildman–Crippen LogP) is 1.27. The Bertz CT molecular complexity index is 449. The Balaban J connectivity index is 2.03. The van der Waals surface area contributed by atoms with E-state index < -0.39 is 0 Å². The Kier molecular flexibility index (Phi) is 4.09. The van der Waals surface area contributed by atoms with Crippen LogP contribution in [0.15, 0.2) is 0 Å². The van der Waals surface area contributed by atoms with Gasteiger partial charge in [0.2, 0.25) is 0 Å². The van der Waals surface area contributed by atoms with Gasteiger partial charge in [0.1, 0.15) is 0 Å². The first-order valence-corrected chi connectivity index (χ1v) is 6.73. The van der Waals surface area contributed by atoms with Crippen LogP contribution in [0, 0.1) is 5.92 Å². The summed E-state index contributed by atoms with van der Waals surface area (Å²) in [5.41, 5.74) is 7.50. The summed E-state index contributed by atoms with van der Waals surface area (Å²) < 4.78 is 5.33. The summed E-state index contributed by atoms with van der Waals surface area (Å²) in [6, 6.07) is 0.0635. The Hall–Kier alpha value is -1.56. The van der Waals surface area contributed by atoms with Gasteiger partial charge in [-0.3, -0.25) is 9.89 Å². The fourth-order valence-corrected chi connectivity index (χ4v) is 2.32. The number of nitrogens with one attached hydrogen (secondary N) is 2. The summed E-state index contributed by atoms with van der Waals surface area (Å²) in [4.78, 5) is 12.2. The van der Waals surface area contributed by atoms with E-state index in [-0.39, 0.29) is 23.6 Å². The molecule has 106 valence electrons. The van der Waals surface area contributed by atoms with Gasteiger partial charge in [-0.1, -0.05) is 13.8 Å². The van der Waals surface area contributed by atoms with Gasteiger partial charge >= 0.3 is 0 Å². The highest BCUT2D eigenvalue weighted by Gasteiger charge is 2.26. The lowest BCUT2D eigenvalue weighted by atomic mass is 10.0. The van der Waals surface area contributed by atoms with Crippen LogP contribution in [0.3, 0.4) is 0 Å². The molecule has 2 heterocycles. The van der Waals surface area contributed by atoms with Crippen LogP contribution >= 0.6 is 0 Å². The van der Waals surface area contributed by atoms with E-state index in [4.69, 9.17) is 10.5 Å². The molecule has 19 heavy (non-hydrogen) atoms. The minimum absolute atomic E-state index is 0.0635. The van der Waals surface area contributed by atoms with E-state index in [1.54, 1.807) is 0 Å². The van der Waals surface area contributed by atoms with Crippen molar-refractivity contribution in [3.63, 3.8) is 0 Å². The molecular weight excluding hydrogens is 244 g/mol. The SMILES string of the molecule is CC(C)c1[nH]nc(C(=O)NC(C)C2CCOC2)c1N. The number of H-pyrrole nitrogens is 1. The van der Waals surface area contributed by atoms with E-state index in [9.17, 15) is 4.79 Å². The van der Waals surface area contributed by atoms with Crippen LogP contribution < -0.4 is 11.1 Å². The minimum atomic E-state index is -0.222. The predicted molar refractivity (Wildman–Crippen MR) is 72.9 cm³/mol. The van der Waals surface area contributed by atoms with E-state index in [1.165, 1.54) is 0 Å². The fourth-order valence-electron chi connectivity index (χ4n) is 2.32. The molecule has 0 spiro atoms. The average Bonchev–Trinajstić information content (AvgIpc) is 2.96. The van der Waals surface area contributed by atoms with E-state index in [0.29, 0.717) is 18.2 Å². The maximum atomic E-state index is 12.2. The number of hydrogen-bond donors (Lipinski definition) is 3. The van der Waals surface area contributed by atoms with Crippen molar-refractivity contribution >= 4 is 11.6 Å². The molecule has 0 radical (unpaired) electrons. The number of nitrogens with two attached hydrogens (primary N) is 1. The summed E-state index contributed by atoms with van der Waals surface area (Å²) in [6.45, 7) is 7.47. The Morgan fingerprint density at radius 1 is 1.53 bits per heavy atom. The molecule has 2 unspecified atom stereocenters. The number of carbonyl (C=O) groups is 1. The second-order valence-electron chi connectivity index (χ2n) is 5.44. The van der Waals surface area contributed by atoms with Gasteiger partial charge in [-0.15, -0.1) is 0 Å². The van der Waals surface area contributed by atoms with Gasteiger partial charge in [0.15, 0.2) is 5.69 Å². The minimum Gasteiger partial charge on any atom is -0.395 e. The number of amides is 1. The van der Waals surface area contributed by atoms with E-state index >= 15 is 0 Å². The van der Waals surface area contributed by atoms with Crippen molar-refractivity contribution in [3.05, 3.63) is 11.4 Å². The van der Waals surface area contributed by atoms with Crippen molar-refractivity contribution in [2.24, 2.45) is 5.92 Å². The molecule has 1 aromatic heterocycles. The molecule has 1 fully saturated rings. The monoisotopic (exact) mass is 266 g/mol. The van der Waals surface area contributed by atoms with Gasteiger partial charge < -0.3 is 15.8 Å². The first-order valence-electron chi connectivity index (χ1n) is 6.73. The van der Waals surface area contributed by atoms with Crippen LogP contribution in [0.1, 0.15) is 49.3 Å². The molecule has 6 nitrogen and oxygen atoms in total. The van der Waals surface area contributed by atoms with Crippen molar-refractivity contribution in [3.8, 4) is 0 Å². The largest absolute Gasteiger partial charge is 0.395 e. The highest BCUT2D eigenvalue weighted by molar-refractivity contribution is 5.97. The summed E-state index contributed by atoms with van der Waals surface area (Å²) in [6.07, 6.45) is 0.981. The number of ether oxygens (including phenoxy) is 1. The summed E-state index contributed by atoms with van der Waals surface area (Å²) in [5, 5.41) is 9.81. The van der Waals surface area contributed by atoms with Crippen LogP contribution in [-0.2, 0) is 4.74 Å². The topological polar surface area (TPSA) is 93.0 Å². The third kappa shape index (κ3) is 2.89. The van der Waals surface area contributed by atoms with Gasteiger partial charge in [0, 0.05) is 18.6 Å².